The highest BCUT2D eigenvalue weighted by molar-refractivity contribution is 5.84. The number of fused-ring (bicyclic) bond motifs is 1. The van der Waals surface area contributed by atoms with Gasteiger partial charge in [0.15, 0.2) is 0 Å². The normalized spacial score (nSPS) is 10.9. The van der Waals surface area contributed by atoms with Gasteiger partial charge in [-0.3, -0.25) is 4.98 Å². The monoisotopic (exact) mass is 244 g/mol. The maximum absolute atomic E-state index is 8.69. The number of unbranched alkanes of at least 4 members (excludes halogenated alkanes) is 2. The minimum atomic E-state index is 0.302. The summed E-state index contributed by atoms with van der Waals surface area (Å²) in [7, 11) is 0. The van der Waals surface area contributed by atoms with Gasteiger partial charge in [-0.05, 0) is 42.8 Å². The maximum Gasteiger partial charge on any atom is 0.0431 e. The lowest BCUT2D eigenvalue weighted by molar-refractivity contribution is 0.283. The van der Waals surface area contributed by atoms with Crippen molar-refractivity contribution in [3.63, 3.8) is 0 Å². The molecular weight excluding hydrogens is 224 g/mol. The molecule has 2 aromatic rings. The van der Waals surface area contributed by atoms with Gasteiger partial charge >= 0.3 is 0 Å². The van der Waals surface area contributed by atoms with Crippen molar-refractivity contribution in [2.24, 2.45) is 0 Å². The van der Waals surface area contributed by atoms with Crippen LogP contribution in [-0.2, 0) is 6.54 Å². The zero-order valence-electron chi connectivity index (χ0n) is 10.6. The van der Waals surface area contributed by atoms with Crippen LogP contribution in [0.2, 0.25) is 0 Å². The van der Waals surface area contributed by atoms with Gasteiger partial charge in [-0.1, -0.05) is 18.2 Å². The molecule has 0 fully saturated rings. The number of aliphatic hydroxyl groups is 1. The van der Waals surface area contributed by atoms with Crippen LogP contribution >= 0.6 is 0 Å². The number of hydrogen-bond donors (Lipinski definition) is 2. The molecule has 0 saturated carbocycles. The van der Waals surface area contributed by atoms with Crippen molar-refractivity contribution >= 4 is 10.8 Å². The highest BCUT2D eigenvalue weighted by Crippen LogP contribution is 2.17. The molecule has 0 radical (unpaired) electrons. The average molecular weight is 244 g/mol. The molecular formula is C15H20N2O. The van der Waals surface area contributed by atoms with Crippen molar-refractivity contribution in [2.45, 2.75) is 25.8 Å². The zero-order chi connectivity index (χ0) is 12.6. The van der Waals surface area contributed by atoms with Gasteiger partial charge < -0.3 is 10.4 Å². The summed E-state index contributed by atoms with van der Waals surface area (Å²) in [5.74, 6) is 0. The van der Waals surface area contributed by atoms with Gasteiger partial charge in [0.1, 0.15) is 0 Å². The van der Waals surface area contributed by atoms with Crippen molar-refractivity contribution in [2.75, 3.05) is 13.2 Å². The van der Waals surface area contributed by atoms with Crippen LogP contribution in [0.1, 0.15) is 24.8 Å². The molecule has 3 nitrogen and oxygen atoms in total. The van der Waals surface area contributed by atoms with E-state index < -0.39 is 0 Å². The van der Waals surface area contributed by atoms with Crippen LogP contribution in [0, 0.1) is 0 Å². The average Bonchev–Trinajstić information content (AvgIpc) is 2.43. The largest absolute Gasteiger partial charge is 0.396 e. The number of pyridine rings is 1. The Morgan fingerprint density at radius 3 is 2.94 bits per heavy atom. The van der Waals surface area contributed by atoms with E-state index in [1.165, 1.54) is 16.3 Å². The van der Waals surface area contributed by atoms with Crippen LogP contribution in [-0.4, -0.2) is 23.2 Å². The van der Waals surface area contributed by atoms with Gasteiger partial charge in [0, 0.05) is 30.9 Å². The lowest BCUT2D eigenvalue weighted by Gasteiger charge is -2.07. The molecule has 3 heteroatoms. The molecule has 0 unspecified atom stereocenters. The van der Waals surface area contributed by atoms with Crippen molar-refractivity contribution in [1.82, 2.24) is 10.3 Å². The summed E-state index contributed by atoms with van der Waals surface area (Å²) < 4.78 is 0. The van der Waals surface area contributed by atoms with Gasteiger partial charge in [0.25, 0.3) is 0 Å². The van der Waals surface area contributed by atoms with E-state index in [4.69, 9.17) is 5.11 Å². The summed E-state index contributed by atoms with van der Waals surface area (Å²) in [6, 6.07) is 8.39. The second-order valence-electron chi connectivity index (χ2n) is 4.47. The van der Waals surface area contributed by atoms with Crippen LogP contribution in [0.3, 0.4) is 0 Å². The van der Waals surface area contributed by atoms with Crippen LogP contribution in [0.4, 0.5) is 0 Å². The molecule has 0 spiro atoms. The van der Waals surface area contributed by atoms with Crippen molar-refractivity contribution in [3.05, 3.63) is 42.2 Å². The van der Waals surface area contributed by atoms with E-state index >= 15 is 0 Å². The highest BCUT2D eigenvalue weighted by Gasteiger charge is 1.99. The van der Waals surface area contributed by atoms with E-state index in [-0.39, 0.29) is 0 Å². The summed E-state index contributed by atoms with van der Waals surface area (Å²) in [6.45, 7) is 2.19. The van der Waals surface area contributed by atoms with E-state index in [0.29, 0.717) is 6.61 Å². The van der Waals surface area contributed by atoms with Gasteiger partial charge in [0.05, 0.1) is 0 Å². The Bertz CT molecular complexity index is 479. The topological polar surface area (TPSA) is 45.1 Å². The molecule has 0 aliphatic rings. The molecule has 18 heavy (non-hydrogen) atoms. The quantitative estimate of drug-likeness (QED) is 0.735. The molecule has 0 aliphatic carbocycles. The third-order valence-corrected chi connectivity index (χ3v) is 3.10. The number of nitrogens with zero attached hydrogens (tertiary/aromatic N) is 1. The van der Waals surface area contributed by atoms with Gasteiger partial charge in [0.2, 0.25) is 0 Å². The molecule has 0 aliphatic heterocycles. The van der Waals surface area contributed by atoms with E-state index in [1.54, 1.807) is 0 Å². The second-order valence-corrected chi connectivity index (χ2v) is 4.47. The summed E-state index contributed by atoms with van der Waals surface area (Å²) in [4.78, 5) is 4.14. The van der Waals surface area contributed by atoms with Gasteiger partial charge in [-0.15, -0.1) is 0 Å². The summed E-state index contributed by atoms with van der Waals surface area (Å²) in [5.41, 5.74) is 1.32. The number of hydrogen-bond acceptors (Lipinski definition) is 3. The van der Waals surface area contributed by atoms with Crippen LogP contribution in [0.5, 0.6) is 0 Å². The van der Waals surface area contributed by atoms with Crippen molar-refractivity contribution < 1.29 is 5.11 Å². The molecule has 96 valence electrons. The molecule has 0 amide bonds. The number of aliphatic hydroxyl groups excluding tert-OH is 1. The highest BCUT2D eigenvalue weighted by atomic mass is 16.2. The molecule has 1 aromatic heterocycles. The number of nitrogens with one attached hydrogen (secondary N) is 1. The Morgan fingerprint density at radius 2 is 2.06 bits per heavy atom. The molecule has 2 rings (SSSR count). The molecule has 0 atom stereocenters. The first-order valence-electron chi connectivity index (χ1n) is 6.55. The Balaban J connectivity index is 1.88. The van der Waals surface area contributed by atoms with Crippen LogP contribution in [0.25, 0.3) is 10.8 Å². The smallest absolute Gasteiger partial charge is 0.0431 e. The first kappa shape index (κ1) is 13.0. The summed E-state index contributed by atoms with van der Waals surface area (Å²) in [5, 5.41) is 14.6. The maximum atomic E-state index is 8.69. The zero-order valence-corrected chi connectivity index (χ0v) is 10.6. The third-order valence-electron chi connectivity index (χ3n) is 3.10. The number of benzene rings is 1. The van der Waals surface area contributed by atoms with Crippen molar-refractivity contribution in [3.8, 4) is 0 Å². The minimum absolute atomic E-state index is 0.302. The first-order chi connectivity index (χ1) is 8.92. The van der Waals surface area contributed by atoms with Gasteiger partial charge in [-0.2, -0.15) is 0 Å². The molecule has 0 saturated heterocycles. The van der Waals surface area contributed by atoms with Crippen LogP contribution < -0.4 is 5.32 Å². The van der Waals surface area contributed by atoms with Crippen LogP contribution in [0.15, 0.2) is 36.7 Å². The van der Waals surface area contributed by atoms with Gasteiger partial charge in [-0.25, -0.2) is 0 Å². The SMILES string of the molecule is OCCCCCNCc1cccc2cnccc12. The lowest BCUT2D eigenvalue weighted by atomic mass is 10.1. The number of aromatic nitrogens is 1. The Morgan fingerprint density at radius 1 is 1.11 bits per heavy atom. The fraction of sp³-hybridized carbons (Fsp3) is 0.400. The summed E-state index contributed by atoms with van der Waals surface area (Å²) >= 11 is 0. The summed E-state index contributed by atoms with van der Waals surface area (Å²) in [6.07, 6.45) is 6.85. The fourth-order valence-electron chi connectivity index (χ4n) is 2.11. The minimum Gasteiger partial charge on any atom is -0.396 e. The van der Waals surface area contributed by atoms with E-state index in [2.05, 4.69) is 34.6 Å². The molecule has 2 N–H and O–H groups in total. The lowest BCUT2D eigenvalue weighted by Crippen LogP contribution is -2.14. The Labute approximate surface area is 108 Å². The second kappa shape index (κ2) is 7.09. The molecule has 1 heterocycles. The fourth-order valence-corrected chi connectivity index (χ4v) is 2.11. The third kappa shape index (κ3) is 3.52. The molecule has 1 aromatic carbocycles. The van der Waals surface area contributed by atoms with E-state index in [1.807, 2.05) is 12.4 Å². The van der Waals surface area contributed by atoms with Crippen molar-refractivity contribution in [1.29, 1.82) is 0 Å². The van der Waals surface area contributed by atoms with E-state index in [9.17, 15) is 0 Å². The predicted molar refractivity (Wildman–Crippen MR) is 74.4 cm³/mol. The first-order valence-corrected chi connectivity index (χ1v) is 6.55. The van der Waals surface area contributed by atoms with E-state index in [0.717, 1.165) is 32.4 Å². The molecule has 0 bridgehead atoms. The predicted octanol–water partition coefficient (Wildman–Crippen LogP) is 2.49. The standard InChI is InChI=1S/C15H20N2O/c18-10-3-1-2-8-16-11-13-5-4-6-14-12-17-9-7-15(13)14/h4-7,9,12,16,18H,1-3,8,10-11H2. The Hall–Kier alpha value is -1.45. The number of rotatable bonds is 7. The Kier molecular flexibility index (Phi) is 5.12.